The first-order valence-electron chi connectivity index (χ1n) is 5.69. The van der Waals surface area contributed by atoms with Gasteiger partial charge in [-0.1, -0.05) is 11.8 Å². The first-order valence-corrected chi connectivity index (χ1v) is 6.57. The van der Waals surface area contributed by atoms with Crippen molar-refractivity contribution >= 4 is 23.2 Å². The highest BCUT2D eigenvalue weighted by atomic mass is 32.1. The number of amides is 2. The predicted molar refractivity (Wildman–Crippen MR) is 75.9 cm³/mol. The minimum absolute atomic E-state index is 0.0491. The van der Waals surface area contributed by atoms with E-state index < -0.39 is 0 Å². The molecule has 0 aliphatic rings. The number of nitrogens with two attached hydrogens (primary N) is 1. The zero-order chi connectivity index (χ0) is 14.4. The highest BCUT2D eigenvalue weighted by Gasteiger charge is 2.19. The number of nitrogens with zero attached hydrogens (tertiary/aromatic N) is 2. The topological polar surface area (TPSA) is 66.6 Å². The van der Waals surface area contributed by atoms with Crippen molar-refractivity contribution in [2.24, 2.45) is 5.73 Å². The van der Waals surface area contributed by atoms with Gasteiger partial charge in [0.25, 0.3) is 5.91 Å². The molecule has 2 amide bonds. The summed E-state index contributed by atoms with van der Waals surface area (Å²) in [7, 11) is 4.91. The van der Waals surface area contributed by atoms with Crippen molar-refractivity contribution in [1.29, 1.82) is 0 Å². The van der Waals surface area contributed by atoms with Crippen LogP contribution in [-0.2, 0) is 4.79 Å². The van der Waals surface area contributed by atoms with E-state index in [0.717, 1.165) is 0 Å². The Morgan fingerprint density at radius 1 is 1.37 bits per heavy atom. The molecular formula is C13H17N3O2S. The van der Waals surface area contributed by atoms with Gasteiger partial charge in [-0.2, -0.15) is 0 Å². The SMILES string of the molecule is CN(C)C(=O)CN(C)C(=O)c1sccc1C#CCN. The van der Waals surface area contributed by atoms with Gasteiger partial charge in [0.05, 0.1) is 13.1 Å². The van der Waals surface area contributed by atoms with Crippen LogP contribution in [0.15, 0.2) is 11.4 Å². The first-order chi connectivity index (χ1) is 8.97. The average Bonchev–Trinajstić information content (AvgIpc) is 2.83. The lowest BCUT2D eigenvalue weighted by molar-refractivity contribution is -0.129. The Morgan fingerprint density at radius 2 is 2.05 bits per heavy atom. The van der Waals surface area contributed by atoms with Crippen molar-refractivity contribution in [1.82, 2.24) is 9.80 Å². The van der Waals surface area contributed by atoms with Gasteiger partial charge >= 0.3 is 0 Å². The van der Waals surface area contributed by atoms with Crippen LogP contribution in [0.25, 0.3) is 0 Å². The van der Waals surface area contributed by atoms with Gasteiger partial charge in [0.15, 0.2) is 0 Å². The van der Waals surface area contributed by atoms with Crippen LogP contribution in [0.1, 0.15) is 15.2 Å². The molecule has 2 N–H and O–H groups in total. The molecule has 0 aliphatic carbocycles. The van der Waals surface area contributed by atoms with Crippen LogP contribution in [0.4, 0.5) is 0 Å². The van der Waals surface area contributed by atoms with Gasteiger partial charge in [-0.25, -0.2) is 0 Å². The molecule has 6 heteroatoms. The summed E-state index contributed by atoms with van der Waals surface area (Å²) in [6.07, 6.45) is 0. The molecule has 0 aliphatic heterocycles. The standard InChI is InChI=1S/C13H17N3O2S/c1-15(2)11(17)9-16(3)13(18)12-10(5-4-7-14)6-8-19-12/h6,8H,7,9,14H2,1-3H3. The summed E-state index contributed by atoms with van der Waals surface area (Å²) in [4.78, 5) is 27.2. The van der Waals surface area contributed by atoms with E-state index >= 15 is 0 Å². The molecule has 0 fully saturated rings. The second kappa shape index (κ2) is 6.92. The summed E-state index contributed by atoms with van der Waals surface area (Å²) in [6.45, 7) is 0.298. The highest BCUT2D eigenvalue weighted by molar-refractivity contribution is 7.12. The molecule has 0 atom stereocenters. The largest absolute Gasteiger partial charge is 0.347 e. The summed E-state index contributed by atoms with van der Waals surface area (Å²) in [5.41, 5.74) is 5.97. The molecule has 0 saturated heterocycles. The lowest BCUT2D eigenvalue weighted by atomic mass is 10.2. The lowest BCUT2D eigenvalue weighted by Crippen LogP contribution is -2.37. The Balaban J connectivity index is 2.83. The summed E-state index contributed by atoms with van der Waals surface area (Å²) >= 11 is 1.31. The summed E-state index contributed by atoms with van der Waals surface area (Å²) in [5.74, 6) is 5.25. The van der Waals surface area contributed by atoms with E-state index in [1.807, 2.05) is 0 Å². The fourth-order valence-electron chi connectivity index (χ4n) is 1.31. The fourth-order valence-corrected chi connectivity index (χ4v) is 2.15. The van der Waals surface area contributed by atoms with Crippen molar-refractivity contribution in [3.05, 3.63) is 21.9 Å². The van der Waals surface area contributed by atoms with Crippen LogP contribution < -0.4 is 5.73 Å². The monoisotopic (exact) mass is 279 g/mol. The Bertz CT molecular complexity index is 525. The third-order valence-electron chi connectivity index (χ3n) is 2.40. The lowest BCUT2D eigenvalue weighted by Gasteiger charge is -2.18. The van der Waals surface area contributed by atoms with Gasteiger partial charge in [0.2, 0.25) is 5.91 Å². The van der Waals surface area contributed by atoms with Crippen molar-refractivity contribution in [3.63, 3.8) is 0 Å². The molecule has 1 heterocycles. The van der Waals surface area contributed by atoms with E-state index in [4.69, 9.17) is 5.73 Å². The first kappa shape index (κ1) is 15.2. The van der Waals surface area contributed by atoms with E-state index in [1.165, 1.54) is 21.1 Å². The van der Waals surface area contributed by atoms with Crippen LogP contribution in [0.3, 0.4) is 0 Å². The second-order valence-corrected chi connectivity index (χ2v) is 5.03. The third-order valence-corrected chi connectivity index (χ3v) is 3.30. The smallest absolute Gasteiger partial charge is 0.265 e. The van der Waals surface area contributed by atoms with Crippen LogP contribution >= 0.6 is 11.3 Å². The molecule has 0 bridgehead atoms. The minimum Gasteiger partial charge on any atom is -0.347 e. The van der Waals surface area contributed by atoms with Gasteiger partial charge < -0.3 is 15.5 Å². The van der Waals surface area contributed by atoms with Crippen LogP contribution in [0.5, 0.6) is 0 Å². The van der Waals surface area contributed by atoms with Crippen molar-refractivity contribution in [3.8, 4) is 11.8 Å². The normalized spacial score (nSPS) is 9.47. The minimum atomic E-state index is -0.202. The number of hydrogen-bond donors (Lipinski definition) is 1. The molecule has 0 unspecified atom stereocenters. The summed E-state index contributed by atoms with van der Waals surface area (Å²) < 4.78 is 0. The molecule has 102 valence electrons. The van der Waals surface area contributed by atoms with E-state index in [2.05, 4.69) is 11.8 Å². The number of likely N-dealkylation sites (N-methyl/N-ethyl adjacent to an activating group) is 2. The number of carbonyl (C=O) groups excluding carboxylic acids is 2. The second-order valence-electron chi connectivity index (χ2n) is 4.12. The van der Waals surface area contributed by atoms with Crippen molar-refractivity contribution < 1.29 is 9.59 Å². The van der Waals surface area contributed by atoms with Crippen molar-refractivity contribution in [2.75, 3.05) is 34.2 Å². The fraction of sp³-hybridized carbons (Fsp3) is 0.385. The molecule has 0 radical (unpaired) electrons. The van der Waals surface area contributed by atoms with E-state index in [-0.39, 0.29) is 24.9 Å². The number of carbonyl (C=O) groups is 2. The highest BCUT2D eigenvalue weighted by Crippen LogP contribution is 2.17. The van der Waals surface area contributed by atoms with E-state index in [1.54, 1.807) is 32.6 Å². The molecule has 19 heavy (non-hydrogen) atoms. The molecule has 1 aromatic rings. The molecular weight excluding hydrogens is 262 g/mol. The predicted octanol–water partition coefficient (Wildman–Crippen LogP) is 0.219. The maximum absolute atomic E-state index is 12.2. The molecule has 0 aromatic carbocycles. The molecule has 5 nitrogen and oxygen atoms in total. The van der Waals surface area contributed by atoms with E-state index in [0.29, 0.717) is 10.4 Å². The number of rotatable bonds is 3. The van der Waals surface area contributed by atoms with Gasteiger partial charge in [-0.3, -0.25) is 9.59 Å². The zero-order valence-electron chi connectivity index (χ0n) is 11.3. The van der Waals surface area contributed by atoms with Crippen LogP contribution in [-0.4, -0.2) is 55.8 Å². The summed E-state index contributed by atoms with van der Waals surface area (Å²) in [5, 5.41) is 1.80. The van der Waals surface area contributed by atoms with Crippen molar-refractivity contribution in [2.45, 2.75) is 0 Å². The third kappa shape index (κ3) is 4.09. The van der Waals surface area contributed by atoms with Gasteiger partial charge in [0.1, 0.15) is 4.88 Å². The van der Waals surface area contributed by atoms with Gasteiger partial charge in [0, 0.05) is 26.7 Å². The van der Waals surface area contributed by atoms with Gasteiger partial charge in [-0.05, 0) is 11.4 Å². The van der Waals surface area contributed by atoms with E-state index in [9.17, 15) is 9.59 Å². The summed E-state index contributed by atoms with van der Waals surface area (Å²) in [6, 6.07) is 1.78. The maximum atomic E-state index is 12.2. The average molecular weight is 279 g/mol. The molecule has 1 rings (SSSR count). The Kier molecular flexibility index (Phi) is 5.55. The number of thiophene rings is 1. The quantitative estimate of drug-likeness (QED) is 0.805. The van der Waals surface area contributed by atoms with Gasteiger partial charge in [-0.15, -0.1) is 11.3 Å². The Hall–Kier alpha value is -1.84. The Labute approximate surface area is 117 Å². The maximum Gasteiger partial charge on any atom is 0.265 e. The zero-order valence-corrected chi connectivity index (χ0v) is 12.1. The van der Waals surface area contributed by atoms with Crippen LogP contribution in [0.2, 0.25) is 0 Å². The number of hydrogen-bond acceptors (Lipinski definition) is 4. The molecule has 0 saturated carbocycles. The molecule has 1 aromatic heterocycles. The van der Waals surface area contributed by atoms with Crippen LogP contribution in [0, 0.1) is 11.8 Å². The molecule has 0 spiro atoms. The Morgan fingerprint density at radius 3 is 2.63 bits per heavy atom.